The highest BCUT2D eigenvalue weighted by Gasteiger charge is 2.13. The molecule has 1 aromatic carbocycles. The van der Waals surface area contributed by atoms with E-state index in [0.717, 1.165) is 15.0 Å². The summed E-state index contributed by atoms with van der Waals surface area (Å²) >= 11 is 10.8. The average Bonchev–Trinajstić information content (AvgIpc) is 3.09. The SMILES string of the molecule is O=C(O)c1coc(-c2csc(-c3ccc(Br)c(Cl)c3)n2)c1. The number of nitrogens with zero attached hydrogens (tertiary/aromatic N) is 1. The summed E-state index contributed by atoms with van der Waals surface area (Å²) in [6.45, 7) is 0. The van der Waals surface area contributed by atoms with Crippen LogP contribution in [0.3, 0.4) is 0 Å². The zero-order valence-corrected chi connectivity index (χ0v) is 13.5. The van der Waals surface area contributed by atoms with Crippen LogP contribution in [-0.2, 0) is 0 Å². The number of rotatable bonds is 3. The molecular weight excluding hydrogens is 378 g/mol. The first-order valence-electron chi connectivity index (χ1n) is 5.78. The quantitative estimate of drug-likeness (QED) is 0.675. The monoisotopic (exact) mass is 383 g/mol. The van der Waals surface area contributed by atoms with Crippen LogP contribution in [0.5, 0.6) is 0 Å². The third-order valence-corrected chi connectivity index (χ3v) is 4.89. The van der Waals surface area contributed by atoms with E-state index in [4.69, 9.17) is 21.1 Å². The number of aromatic carboxylic acids is 1. The highest BCUT2D eigenvalue weighted by atomic mass is 79.9. The van der Waals surface area contributed by atoms with Crippen LogP contribution in [0, 0.1) is 0 Å². The van der Waals surface area contributed by atoms with Crippen molar-refractivity contribution in [1.82, 2.24) is 4.98 Å². The van der Waals surface area contributed by atoms with Gasteiger partial charge in [0, 0.05) is 21.5 Å². The Labute approximate surface area is 137 Å². The molecule has 106 valence electrons. The van der Waals surface area contributed by atoms with Gasteiger partial charge in [0.15, 0.2) is 5.76 Å². The summed E-state index contributed by atoms with van der Waals surface area (Å²) in [5, 5.41) is 12.1. The van der Waals surface area contributed by atoms with Gasteiger partial charge in [-0.05, 0) is 28.1 Å². The molecule has 0 bridgehead atoms. The van der Waals surface area contributed by atoms with E-state index in [9.17, 15) is 4.79 Å². The summed E-state index contributed by atoms with van der Waals surface area (Å²) < 4.78 is 6.05. The van der Waals surface area contributed by atoms with Gasteiger partial charge in [-0.1, -0.05) is 17.7 Å². The van der Waals surface area contributed by atoms with Gasteiger partial charge >= 0.3 is 5.97 Å². The Morgan fingerprint density at radius 2 is 2.19 bits per heavy atom. The fourth-order valence-electron chi connectivity index (χ4n) is 1.73. The van der Waals surface area contributed by atoms with Crippen molar-refractivity contribution in [2.75, 3.05) is 0 Å². The predicted octanol–water partition coefficient (Wildman–Crippen LogP) is 5.18. The van der Waals surface area contributed by atoms with Crippen LogP contribution in [0.25, 0.3) is 22.0 Å². The maximum atomic E-state index is 10.8. The molecule has 0 aliphatic carbocycles. The summed E-state index contributed by atoms with van der Waals surface area (Å²) in [6.07, 6.45) is 1.20. The van der Waals surface area contributed by atoms with E-state index in [0.29, 0.717) is 16.5 Å². The highest BCUT2D eigenvalue weighted by molar-refractivity contribution is 9.10. The molecule has 4 nitrogen and oxygen atoms in total. The first-order valence-corrected chi connectivity index (χ1v) is 7.83. The van der Waals surface area contributed by atoms with E-state index in [1.54, 1.807) is 0 Å². The van der Waals surface area contributed by atoms with Gasteiger partial charge < -0.3 is 9.52 Å². The fraction of sp³-hybridized carbons (Fsp3) is 0. The lowest BCUT2D eigenvalue weighted by atomic mass is 10.2. The summed E-state index contributed by atoms with van der Waals surface area (Å²) in [7, 11) is 0. The molecule has 0 aliphatic rings. The van der Waals surface area contributed by atoms with E-state index in [1.165, 1.54) is 23.7 Å². The number of carboxylic acid groups (broad SMARTS) is 1. The molecule has 2 heterocycles. The van der Waals surface area contributed by atoms with Gasteiger partial charge in [0.05, 0.1) is 10.6 Å². The Hall–Kier alpha value is -1.63. The van der Waals surface area contributed by atoms with E-state index >= 15 is 0 Å². The smallest absolute Gasteiger partial charge is 0.338 e. The molecule has 3 rings (SSSR count). The summed E-state index contributed by atoms with van der Waals surface area (Å²) in [5.41, 5.74) is 1.59. The van der Waals surface area contributed by atoms with Crippen molar-refractivity contribution < 1.29 is 14.3 Å². The van der Waals surface area contributed by atoms with Gasteiger partial charge in [-0.15, -0.1) is 11.3 Å². The number of carbonyl (C=O) groups is 1. The Kier molecular flexibility index (Phi) is 3.84. The third kappa shape index (κ3) is 2.88. The van der Waals surface area contributed by atoms with Crippen molar-refractivity contribution in [3.05, 3.63) is 51.0 Å². The van der Waals surface area contributed by atoms with Crippen LogP contribution >= 0.6 is 38.9 Å². The maximum absolute atomic E-state index is 10.8. The van der Waals surface area contributed by atoms with Crippen LogP contribution in [-0.4, -0.2) is 16.1 Å². The van der Waals surface area contributed by atoms with E-state index in [-0.39, 0.29) is 5.56 Å². The van der Waals surface area contributed by atoms with Gasteiger partial charge in [-0.3, -0.25) is 0 Å². The zero-order valence-electron chi connectivity index (χ0n) is 10.3. The topological polar surface area (TPSA) is 63.3 Å². The minimum absolute atomic E-state index is 0.103. The molecule has 3 aromatic rings. The number of hydrogen-bond donors (Lipinski definition) is 1. The molecule has 0 saturated heterocycles. The molecule has 7 heteroatoms. The summed E-state index contributed by atoms with van der Waals surface area (Å²) in [5.74, 6) is -0.599. The van der Waals surface area contributed by atoms with Crippen molar-refractivity contribution >= 4 is 44.8 Å². The standard InChI is InChI=1S/C14H7BrClNO3S/c15-9-2-1-7(3-10(9)16)13-17-11(6-21-13)12-4-8(5-20-12)14(18)19/h1-6H,(H,18,19). The molecule has 0 saturated carbocycles. The van der Waals surface area contributed by atoms with Crippen molar-refractivity contribution in [1.29, 1.82) is 0 Å². The largest absolute Gasteiger partial charge is 0.478 e. The van der Waals surface area contributed by atoms with Gasteiger partial charge in [0.2, 0.25) is 0 Å². The van der Waals surface area contributed by atoms with E-state index < -0.39 is 5.97 Å². The molecule has 1 N–H and O–H groups in total. The molecule has 0 fully saturated rings. The van der Waals surface area contributed by atoms with Gasteiger partial charge in [0.1, 0.15) is 17.0 Å². The lowest BCUT2D eigenvalue weighted by Crippen LogP contribution is -1.91. The number of halogens is 2. The van der Waals surface area contributed by atoms with E-state index in [2.05, 4.69) is 20.9 Å². The normalized spacial score (nSPS) is 10.8. The Balaban J connectivity index is 1.95. The van der Waals surface area contributed by atoms with Crippen LogP contribution in [0.4, 0.5) is 0 Å². The first kappa shape index (κ1) is 14.3. The van der Waals surface area contributed by atoms with Crippen molar-refractivity contribution in [3.63, 3.8) is 0 Å². The van der Waals surface area contributed by atoms with Gasteiger partial charge in [-0.2, -0.15) is 0 Å². The first-order chi connectivity index (χ1) is 10.0. The Morgan fingerprint density at radius 3 is 2.86 bits per heavy atom. The van der Waals surface area contributed by atoms with Gasteiger partial charge in [0.25, 0.3) is 0 Å². The average molecular weight is 385 g/mol. The molecule has 2 aromatic heterocycles. The number of furan rings is 1. The predicted molar refractivity (Wildman–Crippen MR) is 84.9 cm³/mol. The molecule has 0 amide bonds. The molecular formula is C14H7BrClNO3S. The molecule has 0 spiro atoms. The number of benzene rings is 1. The third-order valence-electron chi connectivity index (χ3n) is 2.77. The molecule has 0 unspecified atom stereocenters. The van der Waals surface area contributed by atoms with Crippen LogP contribution < -0.4 is 0 Å². The highest BCUT2D eigenvalue weighted by Crippen LogP contribution is 2.33. The molecule has 0 atom stereocenters. The number of hydrogen-bond acceptors (Lipinski definition) is 4. The molecule has 21 heavy (non-hydrogen) atoms. The summed E-state index contributed by atoms with van der Waals surface area (Å²) in [6, 6.07) is 7.03. The lowest BCUT2D eigenvalue weighted by molar-refractivity contribution is 0.0696. The number of carboxylic acids is 1. The number of thiazole rings is 1. The van der Waals surface area contributed by atoms with Crippen LogP contribution in [0.15, 0.2) is 44.8 Å². The maximum Gasteiger partial charge on any atom is 0.338 e. The van der Waals surface area contributed by atoms with Gasteiger partial charge in [-0.25, -0.2) is 9.78 Å². The number of aromatic nitrogens is 1. The Bertz CT molecular complexity index is 827. The minimum atomic E-state index is -1.03. The fourth-order valence-corrected chi connectivity index (χ4v) is 2.96. The van der Waals surface area contributed by atoms with E-state index in [1.807, 2.05) is 23.6 Å². The second-order valence-electron chi connectivity index (χ2n) is 4.17. The minimum Gasteiger partial charge on any atom is -0.478 e. The summed E-state index contributed by atoms with van der Waals surface area (Å²) in [4.78, 5) is 15.3. The van der Waals surface area contributed by atoms with Crippen molar-refractivity contribution in [2.24, 2.45) is 0 Å². The van der Waals surface area contributed by atoms with Crippen molar-refractivity contribution in [2.45, 2.75) is 0 Å². The second-order valence-corrected chi connectivity index (χ2v) is 6.29. The van der Waals surface area contributed by atoms with Crippen LogP contribution in [0.1, 0.15) is 10.4 Å². The molecule has 0 radical (unpaired) electrons. The van der Waals surface area contributed by atoms with Crippen molar-refractivity contribution in [3.8, 4) is 22.0 Å². The van der Waals surface area contributed by atoms with Crippen LogP contribution in [0.2, 0.25) is 5.02 Å². The zero-order chi connectivity index (χ0) is 15.0. The molecule has 0 aliphatic heterocycles. The Morgan fingerprint density at radius 1 is 1.38 bits per heavy atom. The second kappa shape index (κ2) is 5.63. The lowest BCUT2D eigenvalue weighted by Gasteiger charge is -1.99.